The summed E-state index contributed by atoms with van der Waals surface area (Å²) in [6.07, 6.45) is -0.995. The highest BCUT2D eigenvalue weighted by Crippen LogP contribution is 1.77. The molecule has 6 heteroatoms. The standard InChI is InChI=1S/C3H10O2Si.C2H5NO2/c1-4-6(3)5-2;1-3-2(4)5/h6H,1-3H3;3H,1H3,(H,4,5). The molecule has 2 N–H and O–H groups in total. The lowest BCUT2D eigenvalue weighted by Crippen LogP contribution is -2.13. The van der Waals surface area contributed by atoms with Gasteiger partial charge in [-0.3, -0.25) is 0 Å². The number of rotatable bonds is 2. The summed E-state index contributed by atoms with van der Waals surface area (Å²) in [6, 6.07) is 0. The van der Waals surface area contributed by atoms with Crippen molar-refractivity contribution in [3.63, 3.8) is 0 Å². The SMILES string of the molecule is CNC(=O)O.CO[SiH](C)OC. The molecule has 5 nitrogen and oxygen atoms in total. The molecule has 1 amide bonds. The summed E-state index contributed by atoms with van der Waals surface area (Å²) >= 11 is 0. The van der Waals surface area contributed by atoms with Crippen LogP contribution in [-0.2, 0) is 8.85 Å². The van der Waals surface area contributed by atoms with Crippen molar-refractivity contribution in [2.24, 2.45) is 0 Å². The van der Waals surface area contributed by atoms with Gasteiger partial charge in [-0.25, -0.2) is 4.79 Å². The van der Waals surface area contributed by atoms with Crippen LogP contribution in [-0.4, -0.2) is 41.8 Å². The Morgan fingerprint density at radius 1 is 1.45 bits per heavy atom. The zero-order chi connectivity index (χ0) is 9.28. The van der Waals surface area contributed by atoms with Gasteiger partial charge in [0.25, 0.3) is 0 Å². The normalized spacial score (nSPS) is 8.45. The first-order valence-electron chi connectivity index (χ1n) is 3.04. The topological polar surface area (TPSA) is 67.8 Å². The molecular weight excluding hydrogens is 166 g/mol. The largest absolute Gasteiger partial charge is 0.465 e. The summed E-state index contributed by atoms with van der Waals surface area (Å²) in [5.74, 6) is 0. The van der Waals surface area contributed by atoms with E-state index in [-0.39, 0.29) is 0 Å². The monoisotopic (exact) mass is 181 g/mol. The molecule has 0 spiro atoms. The summed E-state index contributed by atoms with van der Waals surface area (Å²) < 4.78 is 9.63. The van der Waals surface area contributed by atoms with Crippen molar-refractivity contribution in [2.75, 3.05) is 21.3 Å². The Kier molecular flexibility index (Phi) is 11.1. The Morgan fingerprint density at radius 2 is 1.73 bits per heavy atom. The van der Waals surface area contributed by atoms with Crippen molar-refractivity contribution < 1.29 is 18.8 Å². The Morgan fingerprint density at radius 3 is 1.73 bits per heavy atom. The van der Waals surface area contributed by atoms with Crippen LogP contribution in [0.25, 0.3) is 0 Å². The number of hydrogen-bond donors (Lipinski definition) is 2. The average molecular weight is 181 g/mol. The molecule has 0 aliphatic carbocycles. The Balaban J connectivity index is 0. The number of carbonyl (C=O) groups is 1. The van der Waals surface area contributed by atoms with Gasteiger partial charge in [-0.15, -0.1) is 0 Å². The van der Waals surface area contributed by atoms with Crippen molar-refractivity contribution in [1.29, 1.82) is 0 Å². The van der Waals surface area contributed by atoms with Crippen LogP contribution in [0.15, 0.2) is 0 Å². The van der Waals surface area contributed by atoms with Crippen molar-refractivity contribution in [1.82, 2.24) is 5.32 Å². The second kappa shape index (κ2) is 9.41. The second-order valence-corrected chi connectivity index (χ2v) is 3.67. The Hall–Kier alpha value is -0.593. The smallest absolute Gasteiger partial charge is 0.404 e. The van der Waals surface area contributed by atoms with Gasteiger partial charge in [-0.2, -0.15) is 0 Å². The molecule has 0 fully saturated rings. The highest BCUT2D eigenvalue weighted by molar-refractivity contribution is 6.42. The van der Waals surface area contributed by atoms with E-state index in [1.807, 2.05) is 11.9 Å². The highest BCUT2D eigenvalue weighted by atomic mass is 28.3. The highest BCUT2D eigenvalue weighted by Gasteiger charge is 1.94. The summed E-state index contributed by atoms with van der Waals surface area (Å²) in [6.45, 7) is 1.97. The molecule has 0 rings (SSSR count). The molecule has 0 aromatic rings. The van der Waals surface area contributed by atoms with E-state index in [0.717, 1.165) is 0 Å². The molecule has 0 bridgehead atoms. The molecule has 0 unspecified atom stereocenters. The minimum Gasteiger partial charge on any atom is -0.465 e. The minimum atomic E-state index is -1.16. The molecule has 0 radical (unpaired) electrons. The zero-order valence-electron chi connectivity index (χ0n) is 7.25. The van der Waals surface area contributed by atoms with Gasteiger partial charge in [-0.1, -0.05) is 0 Å². The molecule has 0 heterocycles. The molecule has 0 saturated carbocycles. The van der Waals surface area contributed by atoms with Gasteiger partial charge in [0.15, 0.2) is 0 Å². The molecule has 0 aromatic carbocycles. The van der Waals surface area contributed by atoms with Gasteiger partial charge in [0.1, 0.15) is 0 Å². The van der Waals surface area contributed by atoms with Gasteiger partial charge in [0.2, 0.25) is 0 Å². The van der Waals surface area contributed by atoms with Crippen LogP contribution >= 0.6 is 0 Å². The van der Waals surface area contributed by atoms with Crippen LogP contribution in [0, 0.1) is 0 Å². The summed E-state index contributed by atoms with van der Waals surface area (Å²) in [5, 5.41) is 9.56. The van der Waals surface area contributed by atoms with Crippen LogP contribution < -0.4 is 5.32 Å². The van der Waals surface area contributed by atoms with E-state index < -0.39 is 15.4 Å². The lowest BCUT2D eigenvalue weighted by Gasteiger charge is -2.00. The first kappa shape index (κ1) is 13.0. The Labute approximate surface area is 68.2 Å². The third-order valence-corrected chi connectivity index (χ3v) is 2.21. The van der Waals surface area contributed by atoms with Gasteiger partial charge < -0.3 is 19.3 Å². The predicted molar refractivity (Wildman–Crippen MR) is 44.1 cm³/mol. The van der Waals surface area contributed by atoms with Crippen molar-refractivity contribution in [3.05, 3.63) is 0 Å². The van der Waals surface area contributed by atoms with Gasteiger partial charge in [-0.05, 0) is 6.55 Å². The van der Waals surface area contributed by atoms with Gasteiger partial charge >= 0.3 is 15.4 Å². The molecule has 0 aromatic heterocycles. The molecule has 0 aliphatic rings. The minimum absolute atomic E-state index is 0.995. The maximum atomic E-state index is 9.26. The molecule has 0 atom stereocenters. The predicted octanol–water partition coefficient (Wildman–Crippen LogP) is 0.0133. The third kappa shape index (κ3) is 17.7. The van der Waals surface area contributed by atoms with E-state index >= 15 is 0 Å². The van der Waals surface area contributed by atoms with Crippen LogP contribution in [0.3, 0.4) is 0 Å². The zero-order valence-corrected chi connectivity index (χ0v) is 8.40. The fourth-order valence-corrected chi connectivity index (χ4v) is 0.289. The fourth-order valence-electron chi connectivity index (χ4n) is 0.0962. The van der Waals surface area contributed by atoms with Crippen molar-refractivity contribution >= 4 is 15.4 Å². The van der Waals surface area contributed by atoms with Crippen molar-refractivity contribution in [3.8, 4) is 0 Å². The first-order chi connectivity index (χ1) is 5.08. The van der Waals surface area contributed by atoms with E-state index in [0.29, 0.717) is 0 Å². The lowest BCUT2D eigenvalue weighted by atomic mass is 11.1. The van der Waals surface area contributed by atoms with E-state index in [9.17, 15) is 4.79 Å². The third-order valence-electron chi connectivity index (χ3n) is 0.878. The molecule has 68 valence electrons. The number of carboxylic acid groups (broad SMARTS) is 1. The van der Waals surface area contributed by atoms with E-state index in [1.54, 1.807) is 14.2 Å². The van der Waals surface area contributed by atoms with E-state index in [2.05, 4.69) is 0 Å². The molecule has 0 saturated heterocycles. The van der Waals surface area contributed by atoms with Crippen LogP contribution in [0.2, 0.25) is 6.55 Å². The molecule has 11 heavy (non-hydrogen) atoms. The van der Waals surface area contributed by atoms with Gasteiger partial charge in [0.05, 0.1) is 0 Å². The fraction of sp³-hybridized carbons (Fsp3) is 0.800. The second-order valence-electron chi connectivity index (χ2n) is 1.59. The van der Waals surface area contributed by atoms with Crippen LogP contribution in [0.4, 0.5) is 4.79 Å². The van der Waals surface area contributed by atoms with Crippen LogP contribution in [0.5, 0.6) is 0 Å². The lowest BCUT2D eigenvalue weighted by molar-refractivity contribution is 0.197. The number of hydrogen-bond acceptors (Lipinski definition) is 3. The first-order valence-corrected chi connectivity index (χ1v) is 5.14. The average Bonchev–Trinajstić information content (AvgIpc) is 2.04. The van der Waals surface area contributed by atoms with Gasteiger partial charge in [0, 0.05) is 21.3 Å². The summed E-state index contributed by atoms with van der Waals surface area (Å²) in [7, 11) is 3.52. The van der Waals surface area contributed by atoms with E-state index in [1.165, 1.54) is 7.05 Å². The van der Waals surface area contributed by atoms with Crippen molar-refractivity contribution in [2.45, 2.75) is 6.55 Å². The maximum absolute atomic E-state index is 9.26. The summed E-state index contributed by atoms with van der Waals surface area (Å²) in [5.41, 5.74) is 0. The number of nitrogens with one attached hydrogen (secondary N) is 1. The van der Waals surface area contributed by atoms with Crippen LogP contribution in [0.1, 0.15) is 0 Å². The molecular formula is C5H15NO4Si. The maximum Gasteiger partial charge on any atom is 0.404 e. The number of amides is 1. The summed E-state index contributed by atoms with van der Waals surface area (Å²) in [4.78, 5) is 9.26. The molecule has 0 aliphatic heterocycles. The Bertz CT molecular complexity index is 96.5. The quantitative estimate of drug-likeness (QED) is 0.589. The van der Waals surface area contributed by atoms with E-state index in [4.69, 9.17) is 14.0 Å².